The first-order chi connectivity index (χ1) is 8.65. The Morgan fingerprint density at radius 2 is 2.00 bits per heavy atom. The minimum atomic E-state index is -0.406. The van der Waals surface area contributed by atoms with Gasteiger partial charge < -0.3 is 5.32 Å². The van der Waals surface area contributed by atoms with Crippen molar-refractivity contribution in [2.24, 2.45) is 0 Å². The third kappa shape index (κ3) is 3.29. The molecule has 1 N–H and O–H groups in total. The summed E-state index contributed by atoms with van der Waals surface area (Å²) in [6, 6.07) is 6.69. The fraction of sp³-hybridized carbons (Fsp3) is 0.462. The van der Waals surface area contributed by atoms with E-state index in [-0.39, 0.29) is 17.6 Å². The monoisotopic (exact) mass is 248 g/mol. The van der Waals surface area contributed by atoms with Gasteiger partial charge in [0.05, 0.1) is 4.92 Å². The molecule has 1 heterocycles. The van der Waals surface area contributed by atoms with E-state index in [2.05, 4.69) is 5.32 Å². The molecular weight excluding hydrogens is 232 g/mol. The molecule has 1 fully saturated rings. The summed E-state index contributed by atoms with van der Waals surface area (Å²) in [5, 5.41) is 13.5. The SMILES string of the molecule is O=C1CCCC[C@@H](Cc2ccc([N+](=O)[O-])cc2)N1. The molecule has 0 radical (unpaired) electrons. The number of non-ortho nitro benzene ring substituents is 1. The summed E-state index contributed by atoms with van der Waals surface area (Å²) < 4.78 is 0. The van der Waals surface area contributed by atoms with Crippen molar-refractivity contribution in [2.75, 3.05) is 0 Å². The molecule has 96 valence electrons. The van der Waals surface area contributed by atoms with Crippen molar-refractivity contribution >= 4 is 11.6 Å². The van der Waals surface area contributed by atoms with Crippen LogP contribution in [0.25, 0.3) is 0 Å². The molecule has 0 bridgehead atoms. The quantitative estimate of drug-likeness (QED) is 0.658. The number of nitrogens with one attached hydrogen (secondary N) is 1. The molecule has 18 heavy (non-hydrogen) atoms. The highest BCUT2D eigenvalue weighted by atomic mass is 16.6. The molecule has 1 amide bonds. The Labute approximate surface area is 105 Å². The summed E-state index contributed by atoms with van der Waals surface area (Å²) in [6.07, 6.45) is 4.32. The summed E-state index contributed by atoms with van der Waals surface area (Å²) >= 11 is 0. The molecule has 1 aromatic rings. The van der Waals surface area contributed by atoms with Crippen molar-refractivity contribution in [3.05, 3.63) is 39.9 Å². The number of hydrogen-bond acceptors (Lipinski definition) is 3. The van der Waals surface area contributed by atoms with Gasteiger partial charge in [-0.15, -0.1) is 0 Å². The van der Waals surface area contributed by atoms with Gasteiger partial charge in [0.15, 0.2) is 0 Å². The third-order valence-corrected chi connectivity index (χ3v) is 3.20. The van der Waals surface area contributed by atoms with Crippen molar-refractivity contribution in [2.45, 2.75) is 38.1 Å². The van der Waals surface area contributed by atoms with Crippen LogP contribution in [0.5, 0.6) is 0 Å². The lowest BCUT2D eigenvalue weighted by Crippen LogP contribution is -2.34. The number of nitrogens with zero attached hydrogens (tertiary/aromatic N) is 1. The van der Waals surface area contributed by atoms with E-state index in [1.54, 1.807) is 12.1 Å². The molecular formula is C13H16N2O3. The Morgan fingerprint density at radius 1 is 1.28 bits per heavy atom. The Morgan fingerprint density at radius 3 is 2.67 bits per heavy atom. The van der Waals surface area contributed by atoms with E-state index in [9.17, 15) is 14.9 Å². The lowest BCUT2D eigenvalue weighted by molar-refractivity contribution is -0.384. The normalized spacial score (nSPS) is 20.0. The van der Waals surface area contributed by atoms with Crippen LogP contribution in [0, 0.1) is 10.1 Å². The van der Waals surface area contributed by atoms with Gasteiger partial charge in [0.25, 0.3) is 5.69 Å². The van der Waals surface area contributed by atoms with Crippen LogP contribution in [-0.4, -0.2) is 16.9 Å². The van der Waals surface area contributed by atoms with Crippen molar-refractivity contribution in [3.63, 3.8) is 0 Å². The molecule has 2 rings (SSSR count). The Kier molecular flexibility index (Phi) is 3.92. The van der Waals surface area contributed by atoms with E-state index in [0.717, 1.165) is 31.2 Å². The van der Waals surface area contributed by atoms with Gasteiger partial charge in [-0.1, -0.05) is 18.6 Å². The van der Waals surface area contributed by atoms with Crippen LogP contribution >= 0.6 is 0 Å². The number of amides is 1. The Bertz CT molecular complexity index is 442. The van der Waals surface area contributed by atoms with E-state index in [1.807, 2.05) is 0 Å². The molecule has 1 aliphatic rings. The number of rotatable bonds is 3. The summed E-state index contributed by atoms with van der Waals surface area (Å²) in [4.78, 5) is 21.6. The predicted octanol–water partition coefficient (Wildman–Crippen LogP) is 2.20. The maximum atomic E-state index is 11.4. The minimum Gasteiger partial charge on any atom is -0.353 e. The highest BCUT2D eigenvalue weighted by Crippen LogP contribution is 2.16. The van der Waals surface area contributed by atoms with Crippen LogP contribution in [-0.2, 0) is 11.2 Å². The van der Waals surface area contributed by atoms with E-state index in [1.165, 1.54) is 12.1 Å². The number of benzene rings is 1. The van der Waals surface area contributed by atoms with Gasteiger partial charge in [-0.3, -0.25) is 14.9 Å². The van der Waals surface area contributed by atoms with Crippen molar-refractivity contribution in [1.29, 1.82) is 0 Å². The second-order valence-electron chi connectivity index (χ2n) is 4.64. The average Bonchev–Trinajstić information content (AvgIpc) is 2.54. The first-order valence-electron chi connectivity index (χ1n) is 6.18. The second kappa shape index (κ2) is 5.62. The van der Waals surface area contributed by atoms with Crippen LogP contribution in [0.15, 0.2) is 24.3 Å². The predicted molar refractivity (Wildman–Crippen MR) is 67.2 cm³/mol. The average molecular weight is 248 g/mol. The summed E-state index contributed by atoms with van der Waals surface area (Å²) in [5.41, 5.74) is 1.12. The van der Waals surface area contributed by atoms with Crippen LogP contribution < -0.4 is 5.32 Å². The smallest absolute Gasteiger partial charge is 0.269 e. The van der Waals surface area contributed by atoms with E-state index < -0.39 is 4.92 Å². The first-order valence-corrected chi connectivity index (χ1v) is 6.18. The number of hydrogen-bond donors (Lipinski definition) is 1. The van der Waals surface area contributed by atoms with Gasteiger partial charge in [-0.05, 0) is 24.8 Å². The standard InChI is InChI=1S/C13H16N2O3/c16-13-4-2-1-3-11(14-13)9-10-5-7-12(8-6-10)15(17)18/h5-8,11H,1-4,9H2,(H,14,16)/t11-/m0/s1. The summed E-state index contributed by atoms with van der Waals surface area (Å²) in [5.74, 6) is 0.111. The number of nitro benzene ring substituents is 1. The number of carbonyl (C=O) groups excluding carboxylic acids is 1. The molecule has 5 heteroatoms. The molecule has 0 spiro atoms. The molecule has 0 unspecified atom stereocenters. The molecule has 1 saturated heterocycles. The van der Waals surface area contributed by atoms with Gasteiger partial charge in [0, 0.05) is 24.6 Å². The van der Waals surface area contributed by atoms with E-state index in [0.29, 0.717) is 6.42 Å². The van der Waals surface area contributed by atoms with Crippen LogP contribution in [0.3, 0.4) is 0 Å². The van der Waals surface area contributed by atoms with Crippen molar-refractivity contribution < 1.29 is 9.72 Å². The van der Waals surface area contributed by atoms with E-state index in [4.69, 9.17) is 0 Å². The van der Waals surface area contributed by atoms with Gasteiger partial charge in [0.1, 0.15) is 0 Å². The molecule has 1 aromatic carbocycles. The molecule has 0 aliphatic carbocycles. The third-order valence-electron chi connectivity index (χ3n) is 3.20. The van der Waals surface area contributed by atoms with E-state index >= 15 is 0 Å². The zero-order chi connectivity index (χ0) is 13.0. The van der Waals surface area contributed by atoms with Crippen molar-refractivity contribution in [3.8, 4) is 0 Å². The lowest BCUT2D eigenvalue weighted by Gasteiger charge is -2.15. The Balaban J connectivity index is 1.99. The summed E-state index contributed by atoms with van der Waals surface area (Å²) in [7, 11) is 0. The molecule has 1 aliphatic heterocycles. The van der Waals surface area contributed by atoms with Gasteiger partial charge in [-0.25, -0.2) is 0 Å². The molecule has 1 atom stereocenters. The summed E-state index contributed by atoms with van der Waals surface area (Å²) in [6.45, 7) is 0. The molecule has 5 nitrogen and oxygen atoms in total. The van der Waals surface area contributed by atoms with Gasteiger partial charge in [0.2, 0.25) is 5.91 Å². The topological polar surface area (TPSA) is 72.2 Å². The fourth-order valence-corrected chi connectivity index (χ4v) is 2.24. The maximum Gasteiger partial charge on any atom is 0.269 e. The lowest BCUT2D eigenvalue weighted by atomic mass is 10.0. The minimum absolute atomic E-state index is 0.101. The second-order valence-corrected chi connectivity index (χ2v) is 4.64. The molecule has 0 saturated carbocycles. The number of nitro groups is 1. The van der Waals surface area contributed by atoms with Crippen LogP contribution in [0.2, 0.25) is 0 Å². The van der Waals surface area contributed by atoms with Gasteiger partial charge >= 0.3 is 0 Å². The fourth-order valence-electron chi connectivity index (χ4n) is 2.24. The molecule has 0 aromatic heterocycles. The zero-order valence-corrected chi connectivity index (χ0v) is 10.1. The van der Waals surface area contributed by atoms with Gasteiger partial charge in [-0.2, -0.15) is 0 Å². The highest BCUT2D eigenvalue weighted by molar-refractivity contribution is 5.76. The van der Waals surface area contributed by atoms with Crippen LogP contribution in [0.4, 0.5) is 5.69 Å². The Hall–Kier alpha value is -1.91. The highest BCUT2D eigenvalue weighted by Gasteiger charge is 2.16. The number of carbonyl (C=O) groups is 1. The largest absolute Gasteiger partial charge is 0.353 e. The first kappa shape index (κ1) is 12.5. The zero-order valence-electron chi connectivity index (χ0n) is 10.1. The van der Waals surface area contributed by atoms with Crippen molar-refractivity contribution in [1.82, 2.24) is 5.32 Å². The maximum absolute atomic E-state index is 11.4. The van der Waals surface area contributed by atoms with Crippen LogP contribution in [0.1, 0.15) is 31.2 Å².